The summed E-state index contributed by atoms with van der Waals surface area (Å²) in [5.74, 6) is 0.582. The molecule has 1 fully saturated rings. The molecule has 2 heterocycles. The molecule has 1 aliphatic heterocycles. The number of hydrogen-bond acceptors (Lipinski definition) is 5. The summed E-state index contributed by atoms with van der Waals surface area (Å²) in [6, 6.07) is 0. The number of piperidine rings is 1. The van der Waals surface area contributed by atoms with Crippen LogP contribution in [0.2, 0.25) is 0 Å². The van der Waals surface area contributed by atoms with Crippen LogP contribution in [-0.2, 0) is 4.74 Å². The number of H-pyrrole nitrogens is 1. The fraction of sp³-hybridized carbons (Fsp3) is 0.600. The molecule has 0 radical (unpaired) electrons. The van der Waals surface area contributed by atoms with Gasteiger partial charge in [-0.05, 0) is 12.8 Å². The molecule has 88 valence electrons. The monoisotopic (exact) mass is 224 g/mol. The summed E-state index contributed by atoms with van der Waals surface area (Å²) in [4.78, 5) is 19.9. The van der Waals surface area contributed by atoms with Gasteiger partial charge >= 0.3 is 0 Å². The Balaban J connectivity index is 2.14. The van der Waals surface area contributed by atoms with Crippen molar-refractivity contribution in [3.63, 3.8) is 0 Å². The first-order valence-corrected chi connectivity index (χ1v) is 5.33. The van der Waals surface area contributed by atoms with Gasteiger partial charge in [0.15, 0.2) is 5.82 Å². The zero-order valence-electron chi connectivity index (χ0n) is 9.27. The van der Waals surface area contributed by atoms with Crippen molar-refractivity contribution >= 4 is 11.5 Å². The standard InChI is InChI=1S/C10H16N4O2/c1-16-7-2-4-14(5-3-7)9-8(11)10(15)13-6-12-9/h6-7H,2-5,11H2,1H3,(H,12,13,15). The molecular formula is C10H16N4O2. The number of nitrogens with zero attached hydrogens (tertiary/aromatic N) is 2. The van der Waals surface area contributed by atoms with E-state index >= 15 is 0 Å². The highest BCUT2D eigenvalue weighted by atomic mass is 16.5. The molecule has 0 aromatic carbocycles. The zero-order valence-corrected chi connectivity index (χ0v) is 9.27. The smallest absolute Gasteiger partial charge is 0.276 e. The molecule has 1 aliphatic rings. The topological polar surface area (TPSA) is 84.2 Å². The highest BCUT2D eigenvalue weighted by Crippen LogP contribution is 2.21. The quantitative estimate of drug-likeness (QED) is 0.736. The van der Waals surface area contributed by atoms with Crippen LogP contribution in [0.1, 0.15) is 12.8 Å². The van der Waals surface area contributed by atoms with Gasteiger partial charge in [-0.3, -0.25) is 4.79 Å². The number of aromatic amines is 1. The van der Waals surface area contributed by atoms with Crippen molar-refractivity contribution in [2.24, 2.45) is 0 Å². The SMILES string of the molecule is COC1CCN(c2nc[nH]c(=O)c2N)CC1. The second kappa shape index (κ2) is 4.52. The van der Waals surface area contributed by atoms with E-state index in [2.05, 4.69) is 9.97 Å². The van der Waals surface area contributed by atoms with Gasteiger partial charge in [0.05, 0.1) is 12.4 Å². The molecule has 1 aromatic heterocycles. The van der Waals surface area contributed by atoms with Crippen LogP contribution in [0, 0.1) is 0 Å². The lowest BCUT2D eigenvalue weighted by Crippen LogP contribution is -2.38. The molecule has 6 heteroatoms. The lowest BCUT2D eigenvalue weighted by Gasteiger charge is -2.32. The van der Waals surface area contributed by atoms with Gasteiger partial charge in [0.2, 0.25) is 0 Å². The third kappa shape index (κ3) is 2.01. The Morgan fingerprint density at radius 1 is 1.56 bits per heavy atom. The maximum Gasteiger partial charge on any atom is 0.276 e. The summed E-state index contributed by atoms with van der Waals surface area (Å²) in [5, 5.41) is 0. The van der Waals surface area contributed by atoms with Crippen LogP contribution in [0.5, 0.6) is 0 Å². The molecule has 1 saturated heterocycles. The van der Waals surface area contributed by atoms with E-state index in [0.29, 0.717) is 11.9 Å². The number of nitrogens with one attached hydrogen (secondary N) is 1. The fourth-order valence-corrected chi connectivity index (χ4v) is 1.96. The summed E-state index contributed by atoms with van der Waals surface area (Å²) >= 11 is 0. The van der Waals surface area contributed by atoms with Crippen molar-refractivity contribution in [3.8, 4) is 0 Å². The molecular weight excluding hydrogens is 208 g/mol. The molecule has 16 heavy (non-hydrogen) atoms. The Morgan fingerprint density at radius 2 is 2.25 bits per heavy atom. The van der Waals surface area contributed by atoms with Crippen LogP contribution in [0.25, 0.3) is 0 Å². The molecule has 0 atom stereocenters. The first-order chi connectivity index (χ1) is 7.72. The van der Waals surface area contributed by atoms with Crippen molar-refractivity contribution in [3.05, 3.63) is 16.7 Å². The van der Waals surface area contributed by atoms with Gasteiger partial charge in [0.1, 0.15) is 5.69 Å². The molecule has 6 nitrogen and oxygen atoms in total. The van der Waals surface area contributed by atoms with E-state index in [1.54, 1.807) is 7.11 Å². The molecule has 2 rings (SSSR count). The second-order valence-corrected chi connectivity index (χ2v) is 3.89. The summed E-state index contributed by atoms with van der Waals surface area (Å²) in [6.45, 7) is 1.64. The first-order valence-electron chi connectivity index (χ1n) is 5.33. The van der Waals surface area contributed by atoms with Crippen molar-refractivity contribution < 1.29 is 4.74 Å². The van der Waals surface area contributed by atoms with Crippen LogP contribution in [0.3, 0.4) is 0 Å². The summed E-state index contributed by atoms with van der Waals surface area (Å²) < 4.78 is 5.28. The van der Waals surface area contributed by atoms with Gasteiger partial charge in [-0.25, -0.2) is 4.98 Å². The van der Waals surface area contributed by atoms with Crippen LogP contribution in [0.4, 0.5) is 11.5 Å². The minimum absolute atomic E-state index is 0.193. The molecule has 0 unspecified atom stereocenters. The Hall–Kier alpha value is -1.56. The number of ether oxygens (including phenoxy) is 1. The molecule has 0 saturated carbocycles. The van der Waals surface area contributed by atoms with Gasteiger partial charge in [0.25, 0.3) is 5.56 Å². The average Bonchev–Trinajstić information content (AvgIpc) is 2.33. The van der Waals surface area contributed by atoms with Gasteiger partial charge in [0, 0.05) is 20.2 Å². The highest BCUT2D eigenvalue weighted by molar-refractivity contribution is 5.60. The molecule has 0 aliphatic carbocycles. The van der Waals surface area contributed by atoms with Crippen molar-refractivity contribution in [2.75, 3.05) is 30.8 Å². The number of nitrogen functional groups attached to an aromatic ring is 1. The van der Waals surface area contributed by atoms with E-state index in [9.17, 15) is 4.79 Å². The average molecular weight is 224 g/mol. The first kappa shape index (κ1) is 10.9. The Labute approximate surface area is 93.4 Å². The van der Waals surface area contributed by atoms with Gasteiger partial charge in [-0.1, -0.05) is 0 Å². The molecule has 3 N–H and O–H groups in total. The van der Waals surface area contributed by atoms with E-state index in [-0.39, 0.29) is 11.2 Å². The minimum atomic E-state index is -0.279. The lowest BCUT2D eigenvalue weighted by atomic mass is 10.1. The van der Waals surface area contributed by atoms with E-state index in [1.807, 2.05) is 4.90 Å². The minimum Gasteiger partial charge on any atom is -0.391 e. The predicted octanol–water partition coefficient (Wildman–Crippen LogP) is -0.0327. The number of aromatic nitrogens is 2. The maximum absolute atomic E-state index is 11.3. The normalized spacial score (nSPS) is 17.7. The summed E-state index contributed by atoms with van der Waals surface area (Å²) in [5.41, 5.74) is 5.62. The number of rotatable bonds is 2. The zero-order chi connectivity index (χ0) is 11.5. The van der Waals surface area contributed by atoms with Crippen LogP contribution in [0.15, 0.2) is 11.1 Å². The van der Waals surface area contributed by atoms with E-state index in [0.717, 1.165) is 25.9 Å². The predicted molar refractivity (Wildman–Crippen MR) is 61.5 cm³/mol. The summed E-state index contributed by atoms with van der Waals surface area (Å²) in [6.07, 6.45) is 3.56. The van der Waals surface area contributed by atoms with E-state index in [4.69, 9.17) is 10.5 Å². The van der Waals surface area contributed by atoms with Gasteiger partial charge < -0.3 is 20.4 Å². The maximum atomic E-state index is 11.3. The van der Waals surface area contributed by atoms with E-state index < -0.39 is 0 Å². The van der Waals surface area contributed by atoms with Crippen molar-refractivity contribution in [2.45, 2.75) is 18.9 Å². The largest absolute Gasteiger partial charge is 0.391 e. The number of anilines is 2. The fourth-order valence-electron chi connectivity index (χ4n) is 1.96. The third-order valence-corrected chi connectivity index (χ3v) is 2.94. The Kier molecular flexibility index (Phi) is 3.09. The van der Waals surface area contributed by atoms with Crippen LogP contribution < -0.4 is 16.2 Å². The van der Waals surface area contributed by atoms with Gasteiger partial charge in [-0.2, -0.15) is 0 Å². The summed E-state index contributed by atoms with van der Waals surface area (Å²) in [7, 11) is 1.72. The lowest BCUT2D eigenvalue weighted by molar-refractivity contribution is 0.0818. The second-order valence-electron chi connectivity index (χ2n) is 3.89. The molecule has 0 spiro atoms. The molecule has 0 amide bonds. The number of nitrogens with two attached hydrogens (primary N) is 1. The number of hydrogen-bond donors (Lipinski definition) is 2. The van der Waals surface area contributed by atoms with Crippen LogP contribution >= 0.6 is 0 Å². The van der Waals surface area contributed by atoms with Crippen molar-refractivity contribution in [1.29, 1.82) is 0 Å². The highest BCUT2D eigenvalue weighted by Gasteiger charge is 2.21. The molecule has 0 bridgehead atoms. The van der Waals surface area contributed by atoms with Crippen molar-refractivity contribution in [1.82, 2.24) is 9.97 Å². The Morgan fingerprint density at radius 3 is 2.88 bits per heavy atom. The molecule has 1 aromatic rings. The van der Waals surface area contributed by atoms with Crippen LogP contribution in [-0.4, -0.2) is 36.3 Å². The van der Waals surface area contributed by atoms with E-state index in [1.165, 1.54) is 6.33 Å². The number of methoxy groups -OCH3 is 1. The third-order valence-electron chi connectivity index (χ3n) is 2.94. The van der Waals surface area contributed by atoms with Gasteiger partial charge in [-0.15, -0.1) is 0 Å². The Bertz CT molecular complexity index is 410.